The minimum atomic E-state index is -3.53. The lowest BCUT2D eigenvalue weighted by Gasteiger charge is -2.03. The molecule has 0 aliphatic rings. The Morgan fingerprint density at radius 1 is 1.37 bits per heavy atom. The molecule has 1 heterocycles. The largest absolute Gasteiger partial charge is 0.447 e. The Balaban J connectivity index is 2.48. The molecule has 0 aliphatic carbocycles. The highest BCUT2D eigenvalue weighted by atomic mass is 32.2. The second-order valence-corrected chi connectivity index (χ2v) is 6.46. The summed E-state index contributed by atoms with van der Waals surface area (Å²) in [6.07, 6.45) is 1.92. The van der Waals surface area contributed by atoms with Crippen LogP contribution in [0, 0.1) is 0 Å². The number of ether oxygens (including phenoxy) is 1. The second-order valence-electron chi connectivity index (χ2n) is 3.78. The lowest BCUT2D eigenvalue weighted by atomic mass is 10.4. The molecule has 110 valence electrons. The fourth-order valence-corrected chi connectivity index (χ4v) is 2.75. The summed E-state index contributed by atoms with van der Waals surface area (Å²) in [6, 6.07) is 3.12. The van der Waals surface area contributed by atoms with Crippen molar-refractivity contribution in [1.82, 2.24) is 10.0 Å². The zero-order valence-electron chi connectivity index (χ0n) is 11.1. The van der Waals surface area contributed by atoms with E-state index < -0.39 is 10.0 Å². The molecular weight excluding hydrogens is 288 g/mol. The third kappa shape index (κ3) is 5.96. The van der Waals surface area contributed by atoms with Crippen molar-refractivity contribution in [1.29, 1.82) is 0 Å². The van der Waals surface area contributed by atoms with Gasteiger partial charge in [0.1, 0.15) is 5.76 Å². The molecule has 0 radical (unpaired) electrons. The van der Waals surface area contributed by atoms with Gasteiger partial charge in [-0.1, -0.05) is 0 Å². The molecule has 19 heavy (non-hydrogen) atoms. The first kappa shape index (κ1) is 16.5. The number of sulfonamides is 1. The normalized spacial score (nSPS) is 11.9. The van der Waals surface area contributed by atoms with Gasteiger partial charge in [0.15, 0.2) is 0 Å². The Morgan fingerprint density at radius 2 is 2.16 bits per heavy atom. The van der Waals surface area contributed by atoms with Gasteiger partial charge in [0, 0.05) is 26.0 Å². The van der Waals surface area contributed by atoms with E-state index in [1.165, 1.54) is 6.07 Å². The van der Waals surface area contributed by atoms with E-state index >= 15 is 0 Å². The van der Waals surface area contributed by atoms with Crippen molar-refractivity contribution in [2.45, 2.75) is 11.6 Å². The van der Waals surface area contributed by atoms with Crippen LogP contribution >= 0.6 is 11.8 Å². The first-order valence-corrected chi connectivity index (χ1v) is 8.75. The van der Waals surface area contributed by atoms with Gasteiger partial charge in [0.25, 0.3) is 10.0 Å². The number of furan rings is 1. The first-order chi connectivity index (χ1) is 9.10. The third-order valence-corrected chi connectivity index (χ3v) is 4.23. The SMILES string of the molecule is COCCNCc1ccc(S(=O)(=O)NCCSC)o1. The molecule has 0 bridgehead atoms. The Kier molecular flexibility index (Phi) is 7.47. The van der Waals surface area contributed by atoms with Crippen LogP contribution in [0.15, 0.2) is 21.6 Å². The van der Waals surface area contributed by atoms with E-state index in [0.29, 0.717) is 32.0 Å². The summed E-state index contributed by atoms with van der Waals surface area (Å²) in [4.78, 5) is 0. The summed E-state index contributed by atoms with van der Waals surface area (Å²) < 4.78 is 36.4. The molecule has 0 unspecified atom stereocenters. The van der Waals surface area contributed by atoms with E-state index in [-0.39, 0.29) is 5.09 Å². The van der Waals surface area contributed by atoms with Crippen LogP contribution in [0.25, 0.3) is 0 Å². The second kappa shape index (κ2) is 8.60. The molecule has 0 saturated heterocycles. The van der Waals surface area contributed by atoms with Crippen molar-refractivity contribution in [3.63, 3.8) is 0 Å². The van der Waals surface area contributed by atoms with Gasteiger partial charge in [-0.2, -0.15) is 11.8 Å². The summed E-state index contributed by atoms with van der Waals surface area (Å²) in [5.41, 5.74) is 0. The van der Waals surface area contributed by atoms with Gasteiger partial charge < -0.3 is 14.5 Å². The van der Waals surface area contributed by atoms with Crippen molar-refractivity contribution >= 4 is 21.8 Å². The molecule has 0 spiro atoms. The molecule has 0 amide bonds. The Morgan fingerprint density at radius 3 is 2.84 bits per heavy atom. The predicted molar refractivity (Wildman–Crippen MR) is 75.9 cm³/mol. The van der Waals surface area contributed by atoms with E-state index in [0.717, 1.165) is 5.75 Å². The van der Waals surface area contributed by atoms with E-state index in [1.807, 2.05) is 6.26 Å². The molecule has 2 N–H and O–H groups in total. The van der Waals surface area contributed by atoms with Crippen molar-refractivity contribution < 1.29 is 17.6 Å². The van der Waals surface area contributed by atoms with Crippen LogP contribution in [0.4, 0.5) is 0 Å². The van der Waals surface area contributed by atoms with Gasteiger partial charge in [-0.3, -0.25) is 0 Å². The summed E-state index contributed by atoms with van der Waals surface area (Å²) >= 11 is 1.58. The van der Waals surface area contributed by atoms with E-state index in [2.05, 4.69) is 10.0 Å². The summed E-state index contributed by atoms with van der Waals surface area (Å²) in [5.74, 6) is 1.31. The van der Waals surface area contributed by atoms with Gasteiger partial charge >= 0.3 is 0 Å². The van der Waals surface area contributed by atoms with E-state index in [9.17, 15) is 8.42 Å². The maximum atomic E-state index is 11.8. The summed E-state index contributed by atoms with van der Waals surface area (Å²) in [5, 5.41) is 3.04. The summed E-state index contributed by atoms with van der Waals surface area (Å²) in [7, 11) is -1.90. The average Bonchev–Trinajstić information content (AvgIpc) is 2.84. The molecule has 1 aromatic heterocycles. The fraction of sp³-hybridized carbons (Fsp3) is 0.636. The molecule has 0 aromatic carbocycles. The molecule has 0 atom stereocenters. The number of nitrogens with one attached hydrogen (secondary N) is 2. The van der Waals surface area contributed by atoms with Crippen LogP contribution in [0.3, 0.4) is 0 Å². The third-order valence-electron chi connectivity index (χ3n) is 2.28. The van der Waals surface area contributed by atoms with Crippen LogP contribution < -0.4 is 10.0 Å². The average molecular weight is 308 g/mol. The Bertz CT molecular complexity index is 459. The highest BCUT2D eigenvalue weighted by Gasteiger charge is 2.17. The van der Waals surface area contributed by atoms with Gasteiger partial charge in [-0.25, -0.2) is 13.1 Å². The zero-order valence-corrected chi connectivity index (χ0v) is 12.8. The molecule has 1 aromatic rings. The van der Waals surface area contributed by atoms with Crippen molar-refractivity contribution in [2.75, 3.05) is 38.8 Å². The minimum absolute atomic E-state index is 0.0443. The quantitative estimate of drug-likeness (QED) is 0.618. The zero-order chi connectivity index (χ0) is 14.1. The fourth-order valence-electron chi connectivity index (χ4n) is 1.33. The standard InChI is InChI=1S/C11H20N2O4S2/c1-16-7-5-12-9-10-3-4-11(17-10)19(14,15)13-6-8-18-2/h3-4,12-13H,5-9H2,1-2H3. The van der Waals surface area contributed by atoms with Gasteiger partial charge in [-0.15, -0.1) is 0 Å². The van der Waals surface area contributed by atoms with Crippen LogP contribution in [0.2, 0.25) is 0 Å². The molecule has 0 saturated carbocycles. The lowest BCUT2D eigenvalue weighted by Crippen LogP contribution is -2.25. The monoisotopic (exact) mass is 308 g/mol. The maximum Gasteiger partial charge on any atom is 0.273 e. The van der Waals surface area contributed by atoms with Crippen LogP contribution in [0.1, 0.15) is 5.76 Å². The number of thioether (sulfide) groups is 1. The van der Waals surface area contributed by atoms with E-state index in [4.69, 9.17) is 9.15 Å². The van der Waals surface area contributed by atoms with E-state index in [1.54, 1.807) is 24.9 Å². The molecule has 0 aliphatic heterocycles. The Labute approximate surface area is 118 Å². The highest BCUT2D eigenvalue weighted by Crippen LogP contribution is 2.13. The molecule has 8 heteroatoms. The topological polar surface area (TPSA) is 80.6 Å². The number of rotatable bonds is 10. The number of methoxy groups -OCH3 is 1. The smallest absolute Gasteiger partial charge is 0.273 e. The Hall–Kier alpha value is -0.540. The number of hydrogen-bond acceptors (Lipinski definition) is 6. The first-order valence-electron chi connectivity index (χ1n) is 5.87. The minimum Gasteiger partial charge on any atom is -0.447 e. The van der Waals surface area contributed by atoms with Crippen LogP contribution in [-0.4, -0.2) is 47.2 Å². The number of hydrogen-bond donors (Lipinski definition) is 2. The van der Waals surface area contributed by atoms with Gasteiger partial charge in [-0.05, 0) is 18.4 Å². The lowest BCUT2D eigenvalue weighted by molar-refractivity contribution is 0.198. The van der Waals surface area contributed by atoms with Crippen molar-refractivity contribution in [3.05, 3.63) is 17.9 Å². The van der Waals surface area contributed by atoms with Crippen molar-refractivity contribution in [3.8, 4) is 0 Å². The predicted octanol–water partition coefficient (Wildman–Crippen LogP) is 0.657. The highest BCUT2D eigenvalue weighted by molar-refractivity contribution is 7.98. The molecule has 1 rings (SSSR count). The van der Waals surface area contributed by atoms with Crippen LogP contribution in [-0.2, 0) is 21.3 Å². The van der Waals surface area contributed by atoms with Crippen molar-refractivity contribution in [2.24, 2.45) is 0 Å². The van der Waals surface area contributed by atoms with Gasteiger partial charge in [0.05, 0.1) is 13.2 Å². The molecular formula is C11H20N2O4S2. The molecule has 0 fully saturated rings. The summed E-state index contributed by atoms with van der Waals surface area (Å²) in [6.45, 7) is 2.16. The van der Waals surface area contributed by atoms with Gasteiger partial charge in [0.2, 0.25) is 5.09 Å². The maximum absolute atomic E-state index is 11.8. The molecule has 6 nitrogen and oxygen atoms in total. The van der Waals surface area contributed by atoms with Crippen LogP contribution in [0.5, 0.6) is 0 Å².